The highest BCUT2D eigenvalue weighted by molar-refractivity contribution is 5.89. The molecule has 0 heterocycles. The van der Waals surface area contributed by atoms with Crippen molar-refractivity contribution in [3.05, 3.63) is 23.5 Å². The summed E-state index contributed by atoms with van der Waals surface area (Å²) in [5.41, 5.74) is -0.603. The van der Waals surface area contributed by atoms with E-state index in [-0.39, 0.29) is 0 Å². The topological polar surface area (TPSA) is 49.3 Å². The van der Waals surface area contributed by atoms with Gasteiger partial charge in [0.25, 0.3) is 0 Å². The van der Waals surface area contributed by atoms with Crippen molar-refractivity contribution in [3.8, 4) is 5.75 Å². The molecule has 3 nitrogen and oxygen atoms in total. The second kappa shape index (κ2) is 3.57. The Labute approximate surface area is 77.2 Å². The molecule has 14 heavy (non-hydrogen) atoms. The third-order valence-corrected chi connectivity index (χ3v) is 1.44. The number of phenols is 1. The SMILES string of the molecule is CC(=O)Nc1cc(O)c(F)c(F)c1F. The molecule has 0 bridgehead atoms. The van der Waals surface area contributed by atoms with Crippen molar-refractivity contribution < 1.29 is 23.1 Å². The maximum Gasteiger partial charge on any atom is 0.221 e. The van der Waals surface area contributed by atoms with Gasteiger partial charge in [0.15, 0.2) is 17.4 Å². The van der Waals surface area contributed by atoms with Gasteiger partial charge in [0.2, 0.25) is 11.7 Å². The number of benzene rings is 1. The third-order valence-electron chi connectivity index (χ3n) is 1.44. The molecule has 0 spiro atoms. The molecule has 0 aliphatic carbocycles. The Morgan fingerprint density at radius 2 is 1.86 bits per heavy atom. The molecule has 76 valence electrons. The summed E-state index contributed by atoms with van der Waals surface area (Å²) in [4.78, 5) is 10.5. The van der Waals surface area contributed by atoms with Crippen LogP contribution in [0.15, 0.2) is 6.07 Å². The molecular formula is C8H6F3NO2. The van der Waals surface area contributed by atoms with Gasteiger partial charge in [0.05, 0.1) is 5.69 Å². The largest absolute Gasteiger partial charge is 0.505 e. The Kier molecular flexibility index (Phi) is 2.64. The molecule has 2 N–H and O–H groups in total. The van der Waals surface area contributed by atoms with E-state index in [4.69, 9.17) is 5.11 Å². The fourth-order valence-electron chi connectivity index (χ4n) is 0.871. The molecule has 0 saturated carbocycles. The number of anilines is 1. The lowest BCUT2D eigenvalue weighted by Gasteiger charge is -2.06. The normalized spacial score (nSPS) is 10.0. The molecule has 0 fully saturated rings. The fraction of sp³-hybridized carbons (Fsp3) is 0.125. The maximum atomic E-state index is 12.9. The van der Waals surface area contributed by atoms with Crippen LogP contribution < -0.4 is 5.32 Å². The molecule has 1 aromatic rings. The van der Waals surface area contributed by atoms with Crippen LogP contribution in [0.1, 0.15) is 6.92 Å². The van der Waals surface area contributed by atoms with Gasteiger partial charge in [-0.2, -0.15) is 4.39 Å². The number of carbonyl (C=O) groups is 1. The van der Waals surface area contributed by atoms with Crippen molar-refractivity contribution in [2.75, 3.05) is 5.32 Å². The predicted octanol–water partition coefficient (Wildman–Crippen LogP) is 1.77. The summed E-state index contributed by atoms with van der Waals surface area (Å²) in [6.45, 7) is 1.07. The number of amides is 1. The van der Waals surface area contributed by atoms with Gasteiger partial charge in [0.1, 0.15) is 0 Å². The number of hydrogen-bond donors (Lipinski definition) is 2. The molecule has 1 rings (SSSR count). The second-order valence-electron chi connectivity index (χ2n) is 2.57. The Morgan fingerprint density at radius 3 is 2.36 bits per heavy atom. The van der Waals surface area contributed by atoms with Crippen LogP contribution in [-0.4, -0.2) is 11.0 Å². The molecule has 0 saturated heterocycles. The predicted molar refractivity (Wildman–Crippen MR) is 42.3 cm³/mol. The first-order chi connectivity index (χ1) is 6.43. The standard InChI is InChI=1S/C8H6F3NO2/c1-3(13)12-4-2-5(14)7(10)8(11)6(4)9/h2,14H,1H3,(H,12,13). The van der Waals surface area contributed by atoms with Crippen molar-refractivity contribution >= 4 is 11.6 Å². The van der Waals surface area contributed by atoms with Crippen LogP contribution in [0.3, 0.4) is 0 Å². The van der Waals surface area contributed by atoms with Gasteiger partial charge in [-0.3, -0.25) is 4.79 Å². The van der Waals surface area contributed by atoms with E-state index >= 15 is 0 Å². The molecule has 1 amide bonds. The van der Waals surface area contributed by atoms with Crippen LogP contribution in [0.5, 0.6) is 5.75 Å². The first-order valence-corrected chi connectivity index (χ1v) is 3.57. The lowest BCUT2D eigenvalue weighted by atomic mass is 10.2. The lowest BCUT2D eigenvalue weighted by Crippen LogP contribution is -2.09. The Balaban J connectivity index is 3.25. The number of rotatable bonds is 1. The molecular weight excluding hydrogens is 199 g/mol. The Hall–Kier alpha value is -1.72. The fourth-order valence-corrected chi connectivity index (χ4v) is 0.871. The van der Waals surface area contributed by atoms with Gasteiger partial charge in [-0.25, -0.2) is 8.78 Å². The van der Waals surface area contributed by atoms with Crippen LogP contribution in [0.4, 0.5) is 18.9 Å². The van der Waals surface area contributed by atoms with Gasteiger partial charge < -0.3 is 10.4 Å². The van der Waals surface area contributed by atoms with E-state index in [1.807, 2.05) is 5.32 Å². The number of halogens is 3. The van der Waals surface area contributed by atoms with Gasteiger partial charge in [0, 0.05) is 13.0 Å². The smallest absolute Gasteiger partial charge is 0.221 e. The second-order valence-corrected chi connectivity index (χ2v) is 2.57. The molecule has 1 aromatic carbocycles. The van der Waals surface area contributed by atoms with Gasteiger partial charge in [-0.1, -0.05) is 0 Å². The highest BCUT2D eigenvalue weighted by Crippen LogP contribution is 2.27. The number of nitrogens with one attached hydrogen (secondary N) is 1. The molecule has 0 aliphatic heterocycles. The summed E-state index contributed by atoms with van der Waals surface area (Å²) < 4.78 is 38.0. The summed E-state index contributed by atoms with van der Waals surface area (Å²) in [6.07, 6.45) is 0. The molecule has 0 aliphatic rings. The number of aromatic hydroxyl groups is 1. The van der Waals surface area contributed by atoms with Crippen molar-refractivity contribution in [2.45, 2.75) is 6.92 Å². The summed E-state index contributed by atoms with van der Waals surface area (Å²) in [5, 5.41) is 10.7. The van der Waals surface area contributed by atoms with E-state index in [0.717, 1.165) is 6.92 Å². The van der Waals surface area contributed by atoms with Crippen molar-refractivity contribution in [2.24, 2.45) is 0 Å². The van der Waals surface area contributed by atoms with Crippen LogP contribution in [-0.2, 0) is 4.79 Å². The zero-order chi connectivity index (χ0) is 10.9. The van der Waals surface area contributed by atoms with Crippen molar-refractivity contribution in [1.82, 2.24) is 0 Å². The van der Waals surface area contributed by atoms with Crippen LogP contribution >= 0.6 is 0 Å². The quantitative estimate of drug-likeness (QED) is 0.686. The average Bonchev–Trinajstić information content (AvgIpc) is 2.10. The number of carbonyl (C=O) groups excluding carboxylic acids is 1. The lowest BCUT2D eigenvalue weighted by molar-refractivity contribution is -0.114. The first-order valence-electron chi connectivity index (χ1n) is 3.57. The third kappa shape index (κ3) is 1.78. The van der Waals surface area contributed by atoms with Gasteiger partial charge >= 0.3 is 0 Å². The number of hydrogen-bond acceptors (Lipinski definition) is 2. The average molecular weight is 205 g/mol. The summed E-state index contributed by atoms with van der Waals surface area (Å²) in [5.74, 6) is -6.78. The zero-order valence-electron chi connectivity index (χ0n) is 7.07. The van der Waals surface area contributed by atoms with E-state index in [0.29, 0.717) is 6.07 Å². The van der Waals surface area contributed by atoms with Crippen LogP contribution in [0, 0.1) is 17.5 Å². The monoisotopic (exact) mass is 205 g/mol. The van der Waals surface area contributed by atoms with Crippen molar-refractivity contribution in [1.29, 1.82) is 0 Å². The van der Waals surface area contributed by atoms with Crippen LogP contribution in [0.2, 0.25) is 0 Å². The van der Waals surface area contributed by atoms with Gasteiger partial charge in [-0.15, -0.1) is 0 Å². The van der Waals surface area contributed by atoms with Crippen LogP contribution in [0.25, 0.3) is 0 Å². The highest BCUT2D eigenvalue weighted by Gasteiger charge is 2.18. The minimum absolute atomic E-state index is 0.592. The van der Waals surface area contributed by atoms with Gasteiger partial charge in [-0.05, 0) is 0 Å². The maximum absolute atomic E-state index is 12.9. The minimum atomic E-state index is -1.83. The Bertz CT molecular complexity index is 393. The van der Waals surface area contributed by atoms with E-state index < -0.39 is 34.8 Å². The van der Waals surface area contributed by atoms with E-state index in [2.05, 4.69) is 0 Å². The van der Waals surface area contributed by atoms with E-state index in [1.54, 1.807) is 0 Å². The van der Waals surface area contributed by atoms with Crippen molar-refractivity contribution in [3.63, 3.8) is 0 Å². The molecule has 0 radical (unpaired) electrons. The molecule has 0 unspecified atom stereocenters. The summed E-state index contributed by atoms with van der Waals surface area (Å²) in [6, 6.07) is 0.592. The Morgan fingerprint density at radius 1 is 1.29 bits per heavy atom. The first kappa shape index (κ1) is 10.4. The molecule has 6 heteroatoms. The summed E-state index contributed by atoms with van der Waals surface area (Å²) >= 11 is 0. The summed E-state index contributed by atoms with van der Waals surface area (Å²) in [7, 11) is 0. The molecule has 0 atom stereocenters. The van der Waals surface area contributed by atoms with E-state index in [1.165, 1.54) is 0 Å². The highest BCUT2D eigenvalue weighted by atomic mass is 19.2. The zero-order valence-corrected chi connectivity index (χ0v) is 7.07. The van der Waals surface area contributed by atoms with E-state index in [9.17, 15) is 18.0 Å². The minimum Gasteiger partial charge on any atom is -0.505 e. The number of phenolic OH excluding ortho intramolecular Hbond substituents is 1. The molecule has 0 aromatic heterocycles.